The minimum Gasteiger partial charge on any atom is -0.444 e. The van der Waals surface area contributed by atoms with Crippen LogP contribution in [0, 0.1) is 11.3 Å². The molecule has 0 radical (unpaired) electrons. The first-order valence-electron chi connectivity index (χ1n) is 11.1. The van der Waals surface area contributed by atoms with Gasteiger partial charge in [-0.25, -0.2) is 4.79 Å². The fraction of sp³-hybridized carbons (Fsp3) is 0.708. The van der Waals surface area contributed by atoms with Crippen molar-refractivity contribution in [3.63, 3.8) is 0 Å². The third-order valence-corrected chi connectivity index (χ3v) is 7.99. The predicted octanol–water partition coefficient (Wildman–Crippen LogP) is 4.52. The van der Waals surface area contributed by atoms with Gasteiger partial charge in [0, 0.05) is 12.1 Å². The number of aliphatic hydroxyl groups is 1. The number of rotatable bonds is 1. The molecule has 2 heterocycles. The van der Waals surface area contributed by atoms with Crippen molar-refractivity contribution in [2.24, 2.45) is 11.3 Å². The Kier molecular flexibility index (Phi) is 3.99. The molecule has 29 heavy (non-hydrogen) atoms. The van der Waals surface area contributed by atoms with Crippen molar-refractivity contribution in [3.8, 4) is 0 Å². The second-order valence-corrected chi connectivity index (χ2v) is 10.9. The molecule has 5 nitrogen and oxygen atoms in total. The first-order valence-corrected chi connectivity index (χ1v) is 11.1. The van der Waals surface area contributed by atoms with E-state index in [4.69, 9.17) is 9.47 Å². The third-order valence-electron chi connectivity index (χ3n) is 7.99. The summed E-state index contributed by atoms with van der Waals surface area (Å²) >= 11 is 0. The maximum atomic E-state index is 12.3. The Morgan fingerprint density at radius 2 is 2.07 bits per heavy atom. The predicted molar refractivity (Wildman–Crippen MR) is 110 cm³/mol. The first-order chi connectivity index (χ1) is 13.6. The van der Waals surface area contributed by atoms with Crippen LogP contribution in [0.1, 0.15) is 72.6 Å². The molecule has 0 aromatic carbocycles. The summed E-state index contributed by atoms with van der Waals surface area (Å²) in [5.41, 5.74) is 2.21. The van der Waals surface area contributed by atoms with Crippen LogP contribution < -0.4 is 5.32 Å². The zero-order chi connectivity index (χ0) is 20.7. The summed E-state index contributed by atoms with van der Waals surface area (Å²) in [5, 5.41) is 13.6. The largest absolute Gasteiger partial charge is 0.444 e. The van der Waals surface area contributed by atoms with Crippen LogP contribution in [0.2, 0.25) is 0 Å². The summed E-state index contributed by atoms with van der Waals surface area (Å²) in [5.74, 6) is 0.364. The van der Waals surface area contributed by atoms with Crippen LogP contribution in [0.3, 0.4) is 0 Å². The second-order valence-electron chi connectivity index (χ2n) is 10.9. The molecular formula is C24H33NO4. The molecule has 3 aliphatic carbocycles. The zero-order valence-corrected chi connectivity index (χ0v) is 18.0. The van der Waals surface area contributed by atoms with E-state index in [9.17, 15) is 9.90 Å². The smallest absolute Gasteiger partial charge is 0.411 e. The Labute approximate surface area is 173 Å². The SMILES string of the molecule is CC(C)(C)OC(=O)NC1=C[C@@]23CC[C@@]4(O2)C(=CC3=CC1)CC[C@@]1(C)[C@H]4CC[C@@H]1O. The van der Waals surface area contributed by atoms with E-state index < -0.39 is 17.3 Å². The maximum Gasteiger partial charge on any atom is 0.411 e. The van der Waals surface area contributed by atoms with Crippen LogP contribution in [0.5, 0.6) is 0 Å². The van der Waals surface area contributed by atoms with Crippen LogP contribution in [0.25, 0.3) is 0 Å². The van der Waals surface area contributed by atoms with Crippen LogP contribution in [-0.2, 0) is 9.47 Å². The van der Waals surface area contributed by atoms with E-state index in [0.29, 0.717) is 12.3 Å². The van der Waals surface area contributed by atoms with E-state index in [2.05, 4.69) is 30.5 Å². The van der Waals surface area contributed by atoms with Crippen LogP contribution in [0.15, 0.2) is 35.1 Å². The minimum absolute atomic E-state index is 0.0555. The topological polar surface area (TPSA) is 67.8 Å². The highest BCUT2D eigenvalue weighted by molar-refractivity contribution is 5.70. The molecule has 2 saturated carbocycles. The highest BCUT2D eigenvalue weighted by Gasteiger charge is 2.66. The lowest BCUT2D eigenvalue weighted by Crippen LogP contribution is -2.55. The van der Waals surface area contributed by atoms with E-state index in [-0.39, 0.29) is 17.1 Å². The standard InChI is InChI=1S/C24H33NO4/c1-21(2,3)28-20(27)25-17-6-5-15-13-16-9-10-22(4)18(7-8-19(22)26)24(16)12-11-23(15,14-17)29-24/h5,13-14,18-19,26H,6-12H2,1-4H3,(H,25,27)/t18-,19+,22+,23-,24-/m1/s1. The van der Waals surface area contributed by atoms with Crippen molar-refractivity contribution >= 4 is 6.09 Å². The molecule has 5 heteroatoms. The molecule has 1 saturated heterocycles. The average molecular weight is 400 g/mol. The summed E-state index contributed by atoms with van der Waals surface area (Å²) in [6.45, 7) is 7.86. The van der Waals surface area contributed by atoms with Gasteiger partial charge in [-0.3, -0.25) is 5.32 Å². The van der Waals surface area contributed by atoms with Crippen molar-refractivity contribution in [3.05, 3.63) is 35.1 Å². The average Bonchev–Trinajstić information content (AvgIpc) is 3.08. The Hall–Kier alpha value is -1.59. The van der Waals surface area contributed by atoms with Gasteiger partial charge < -0.3 is 14.6 Å². The van der Waals surface area contributed by atoms with Crippen molar-refractivity contribution in [1.29, 1.82) is 0 Å². The number of alkyl carbamates (subject to hydrolysis) is 1. The lowest BCUT2D eigenvalue weighted by atomic mass is 9.58. The van der Waals surface area contributed by atoms with E-state index in [1.807, 2.05) is 20.8 Å². The summed E-state index contributed by atoms with van der Waals surface area (Å²) in [4.78, 5) is 12.3. The van der Waals surface area contributed by atoms with Crippen LogP contribution in [-0.4, -0.2) is 34.1 Å². The second kappa shape index (κ2) is 5.98. The highest BCUT2D eigenvalue weighted by Crippen LogP contribution is 2.66. The zero-order valence-electron chi connectivity index (χ0n) is 18.0. The van der Waals surface area contributed by atoms with Gasteiger partial charge in [-0.15, -0.1) is 0 Å². The van der Waals surface area contributed by atoms with Gasteiger partial charge in [0.25, 0.3) is 0 Å². The molecular weight excluding hydrogens is 366 g/mol. The third kappa shape index (κ3) is 2.77. The van der Waals surface area contributed by atoms with Gasteiger partial charge in [-0.05, 0) is 87.9 Å². The molecule has 1 amide bonds. The molecule has 0 aromatic heterocycles. The number of allylic oxidation sites excluding steroid dienone is 1. The van der Waals surface area contributed by atoms with Crippen molar-refractivity contribution < 1.29 is 19.4 Å². The maximum absolute atomic E-state index is 12.3. The van der Waals surface area contributed by atoms with E-state index in [0.717, 1.165) is 44.2 Å². The molecule has 0 unspecified atom stereocenters. The number of ether oxygens (including phenoxy) is 2. The Morgan fingerprint density at radius 3 is 2.83 bits per heavy atom. The molecule has 2 spiro atoms. The van der Waals surface area contributed by atoms with Gasteiger partial charge in [-0.1, -0.05) is 19.1 Å². The minimum atomic E-state index is -0.523. The number of hydrogen-bond donors (Lipinski definition) is 2. The highest BCUT2D eigenvalue weighted by atomic mass is 16.6. The van der Waals surface area contributed by atoms with Crippen molar-refractivity contribution in [2.75, 3.05) is 0 Å². The summed E-state index contributed by atoms with van der Waals surface area (Å²) in [6.07, 6.45) is 12.6. The van der Waals surface area contributed by atoms with Gasteiger partial charge in [0.15, 0.2) is 0 Å². The number of fused-ring (bicyclic) bond motifs is 1. The quantitative estimate of drug-likeness (QED) is 0.680. The molecule has 5 aliphatic rings. The molecule has 2 N–H and O–H groups in total. The monoisotopic (exact) mass is 399 g/mol. The normalized spacial score (nSPS) is 42.7. The first kappa shape index (κ1) is 19.4. The van der Waals surface area contributed by atoms with Gasteiger partial charge in [0.05, 0.1) is 11.7 Å². The molecule has 5 rings (SSSR count). The van der Waals surface area contributed by atoms with Gasteiger partial charge in [-0.2, -0.15) is 0 Å². The fourth-order valence-electron chi connectivity index (χ4n) is 6.64. The van der Waals surface area contributed by atoms with Crippen LogP contribution in [0.4, 0.5) is 4.79 Å². The van der Waals surface area contributed by atoms with Crippen molar-refractivity contribution in [2.45, 2.75) is 95.5 Å². The van der Waals surface area contributed by atoms with E-state index in [1.54, 1.807) is 0 Å². The molecule has 5 atom stereocenters. The number of aliphatic hydroxyl groups excluding tert-OH is 1. The van der Waals surface area contributed by atoms with Crippen molar-refractivity contribution in [1.82, 2.24) is 5.32 Å². The Bertz CT molecular complexity index is 849. The number of carbonyl (C=O) groups excluding carboxylic acids is 1. The van der Waals surface area contributed by atoms with Crippen LogP contribution >= 0.6 is 0 Å². The number of carbonyl (C=O) groups is 1. The Morgan fingerprint density at radius 1 is 1.28 bits per heavy atom. The number of amides is 1. The van der Waals surface area contributed by atoms with E-state index in [1.165, 1.54) is 11.1 Å². The summed E-state index contributed by atoms with van der Waals surface area (Å²) < 4.78 is 12.4. The van der Waals surface area contributed by atoms with Gasteiger partial charge in [0.2, 0.25) is 0 Å². The van der Waals surface area contributed by atoms with E-state index >= 15 is 0 Å². The summed E-state index contributed by atoms with van der Waals surface area (Å²) in [7, 11) is 0. The molecule has 158 valence electrons. The number of nitrogens with one attached hydrogen (secondary N) is 1. The lowest BCUT2D eigenvalue weighted by Gasteiger charge is -2.54. The summed E-state index contributed by atoms with van der Waals surface area (Å²) in [6, 6.07) is 0. The Balaban J connectivity index is 1.45. The number of hydrogen-bond acceptors (Lipinski definition) is 4. The lowest BCUT2D eigenvalue weighted by molar-refractivity contribution is -0.133. The van der Waals surface area contributed by atoms with Gasteiger partial charge >= 0.3 is 6.09 Å². The molecule has 2 aliphatic heterocycles. The molecule has 3 fully saturated rings. The fourth-order valence-corrected chi connectivity index (χ4v) is 6.64. The molecule has 2 bridgehead atoms. The van der Waals surface area contributed by atoms with Gasteiger partial charge in [0.1, 0.15) is 11.2 Å². The molecule has 0 aromatic rings.